The zero-order valence-electron chi connectivity index (χ0n) is 18.0. The third-order valence-electron chi connectivity index (χ3n) is 6.17. The van der Waals surface area contributed by atoms with Crippen LogP contribution in [0.5, 0.6) is 0 Å². The van der Waals surface area contributed by atoms with Gasteiger partial charge in [-0.15, -0.1) is 0 Å². The van der Waals surface area contributed by atoms with Gasteiger partial charge in [-0.25, -0.2) is 8.42 Å². The topological polar surface area (TPSA) is 121 Å². The van der Waals surface area contributed by atoms with Crippen molar-refractivity contribution in [3.63, 3.8) is 0 Å². The van der Waals surface area contributed by atoms with Gasteiger partial charge in [0.15, 0.2) is 0 Å². The Hall–Kier alpha value is -2.46. The summed E-state index contributed by atoms with van der Waals surface area (Å²) in [6.07, 6.45) is 1.22. The molecule has 2 aliphatic heterocycles. The Morgan fingerprint density at radius 2 is 1.65 bits per heavy atom. The van der Waals surface area contributed by atoms with Crippen LogP contribution in [0.1, 0.15) is 33.1 Å². The minimum absolute atomic E-state index is 0.0838. The molecule has 2 saturated heterocycles. The molecule has 0 radical (unpaired) electrons. The summed E-state index contributed by atoms with van der Waals surface area (Å²) in [6.45, 7) is 5.52. The summed E-state index contributed by atoms with van der Waals surface area (Å²) < 4.78 is 26.7. The number of nitrogens with two attached hydrogens (primary N) is 1. The number of piperidine rings is 1. The molecule has 3 rings (SSSR count). The minimum atomic E-state index is -3.57. The van der Waals surface area contributed by atoms with E-state index in [-0.39, 0.29) is 41.5 Å². The van der Waals surface area contributed by atoms with E-state index >= 15 is 0 Å². The van der Waals surface area contributed by atoms with Gasteiger partial charge in [0, 0.05) is 50.7 Å². The zero-order chi connectivity index (χ0) is 22.8. The number of benzene rings is 1. The number of sulfonamides is 1. The Morgan fingerprint density at radius 3 is 2.16 bits per heavy atom. The van der Waals surface area contributed by atoms with E-state index in [1.807, 2.05) is 0 Å². The van der Waals surface area contributed by atoms with Gasteiger partial charge >= 0.3 is 0 Å². The van der Waals surface area contributed by atoms with E-state index in [1.54, 1.807) is 30.9 Å². The molecule has 0 spiro atoms. The standard InChI is InChI=1S/C21H30N4O5S/c1-3-24(4-2)31(29,30)18-7-5-17(6-8-18)25-14-16(13-19(25)26)21(28)23-11-9-15(10-12-23)20(22)27/h5-8,15-16H,3-4,9-14H2,1-2H3,(H2,22,27)/t16-/m1/s1. The van der Waals surface area contributed by atoms with Gasteiger partial charge in [0.1, 0.15) is 0 Å². The smallest absolute Gasteiger partial charge is 0.243 e. The second-order valence-electron chi connectivity index (χ2n) is 7.99. The number of rotatable bonds is 7. The summed E-state index contributed by atoms with van der Waals surface area (Å²) in [7, 11) is -3.57. The number of carbonyl (C=O) groups excluding carboxylic acids is 3. The average Bonchev–Trinajstić information content (AvgIpc) is 3.15. The van der Waals surface area contributed by atoms with Crippen LogP contribution in [0.4, 0.5) is 5.69 Å². The molecule has 1 aromatic carbocycles. The maximum atomic E-state index is 12.9. The number of likely N-dealkylation sites (tertiary alicyclic amines) is 1. The van der Waals surface area contributed by atoms with Gasteiger partial charge in [-0.1, -0.05) is 13.8 Å². The van der Waals surface area contributed by atoms with Crippen molar-refractivity contribution in [1.29, 1.82) is 0 Å². The molecule has 31 heavy (non-hydrogen) atoms. The minimum Gasteiger partial charge on any atom is -0.369 e. The molecule has 0 saturated carbocycles. The van der Waals surface area contributed by atoms with E-state index in [9.17, 15) is 22.8 Å². The zero-order valence-corrected chi connectivity index (χ0v) is 18.8. The van der Waals surface area contributed by atoms with Crippen LogP contribution in [0.3, 0.4) is 0 Å². The van der Waals surface area contributed by atoms with Gasteiger partial charge < -0.3 is 15.5 Å². The third-order valence-corrected chi connectivity index (χ3v) is 8.24. The fraction of sp³-hybridized carbons (Fsp3) is 0.571. The van der Waals surface area contributed by atoms with Gasteiger partial charge in [0.05, 0.1) is 10.8 Å². The molecule has 0 aliphatic carbocycles. The Balaban J connectivity index is 1.66. The van der Waals surface area contributed by atoms with Gasteiger partial charge in [-0.2, -0.15) is 4.31 Å². The van der Waals surface area contributed by atoms with Gasteiger partial charge in [-0.3, -0.25) is 14.4 Å². The van der Waals surface area contributed by atoms with E-state index in [1.165, 1.54) is 21.3 Å². The summed E-state index contributed by atoms with van der Waals surface area (Å²) in [5, 5.41) is 0. The second kappa shape index (κ2) is 9.35. The van der Waals surface area contributed by atoms with Crippen LogP contribution in [-0.2, 0) is 24.4 Å². The lowest BCUT2D eigenvalue weighted by Gasteiger charge is -2.32. The Labute approximate surface area is 183 Å². The highest BCUT2D eigenvalue weighted by molar-refractivity contribution is 7.89. The number of carbonyl (C=O) groups is 3. The number of nitrogens with zero attached hydrogens (tertiary/aromatic N) is 3. The van der Waals surface area contributed by atoms with E-state index in [4.69, 9.17) is 5.73 Å². The Kier molecular flexibility index (Phi) is 7.00. The summed E-state index contributed by atoms with van der Waals surface area (Å²) >= 11 is 0. The van der Waals surface area contributed by atoms with Gasteiger partial charge in [0.25, 0.3) is 0 Å². The molecular weight excluding hydrogens is 420 g/mol. The van der Waals surface area contributed by atoms with Gasteiger partial charge in [0.2, 0.25) is 27.7 Å². The van der Waals surface area contributed by atoms with E-state index in [0.717, 1.165) is 0 Å². The second-order valence-corrected chi connectivity index (χ2v) is 9.93. The fourth-order valence-corrected chi connectivity index (χ4v) is 5.73. The molecule has 10 heteroatoms. The first kappa shape index (κ1) is 23.2. The lowest BCUT2D eigenvalue weighted by atomic mass is 9.95. The molecule has 2 aliphatic rings. The van der Waals surface area contributed by atoms with Crippen molar-refractivity contribution >= 4 is 33.4 Å². The van der Waals surface area contributed by atoms with E-state index < -0.39 is 15.9 Å². The van der Waals surface area contributed by atoms with Gasteiger partial charge in [-0.05, 0) is 37.1 Å². The molecule has 170 valence electrons. The predicted octanol–water partition coefficient (Wildman–Crippen LogP) is 0.794. The molecule has 2 heterocycles. The first-order chi connectivity index (χ1) is 14.7. The van der Waals surface area contributed by atoms with Crippen LogP contribution >= 0.6 is 0 Å². The summed E-state index contributed by atoms with van der Waals surface area (Å²) in [4.78, 5) is 40.2. The number of hydrogen-bond acceptors (Lipinski definition) is 5. The summed E-state index contributed by atoms with van der Waals surface area (Å²) in [5.41, 5.74) is 5.92. The summed E-state index contributed by atoms with van der Waals surface area (Å²) in [5.74, 6) is -1.22. The number of anilines is 1. The first-order valence-electron chi connectivity index (χ1n) is 10.7. The van der Waals surface area contributed by atoms with Crippen molar-refractivity contribution in [1.82, 2.24) is 9.21 Å². The highest BCUT2D eigenvalue weighted by Gasteiger charge is 2.38. The van der Waals surface area contributed by atoms with Crippen LogP contribution in [-0.4, -0.2) is 68.1 Å². The van der Waals surface area contributed by atoms with Crippen LogP contribution in [0.25, 0.3) is 0 Å². The quantitative estimate of drug-likeness (QED) is 0.658. The molecule has 0 unspecified atom stereocenters. The van der Waals surface area contributed by atoms with Crippen LogP contribution in [0.2, 0.25) is 0 Å². The van der Waals surface area contributed by atoms with Crippen molar-refractivity contribution in [2.75, 3.05) is 37.6 Å². The fourth-order valence-electron chi connectivity index (χ4n) is 4.28. The number of amides is 3. The predicted molar refractivity (Wildman–Crippen MR) is 116 cm³/mol. The maximum Gasteiger partial charge on any atom is 0.243 e. The molecule has 0 bridgehead atoms. The first-order valence-corrected chi connectivity index (χ1v) is 12.1. The van der Waals surface area contributed by atoms with E-state index in [0.29, 0.717) is 44.7 Å². The molecule has 2 fully saturated rings. The highest BCUT2D eigenvalue weighted by atomic mass is 32.2. The van der Waals surface area contributed by atoms with Crippen LogP contribution in [0, 0.1) is 11.8 Å². The molecule has 1 aromatic rings. The normalized spacial score (nSPS) is 20.5. The molecule has 9 nitrogen and oxygen atoms in total. The third kappa shape index (κ3) is 4.74. The average molecular weight is 451 g/mol. The van der Waals surface area contributed by atoms with Crippen molar-refractivity contribution < 1.29 is 22.8 Å². The lowest BCUT2D eigenvalue weighted by Crippen LogP contribution is -2.44. The number of primary amides is 1. The monoisotopic (exact) mass is 450 g/mol. The molecular formula is C21H30N4O5S. The van der Waals surface area contributed by atoms with Crippen molar-refractivity contribution in [3.8, 4) is 0 Å². The molecule has 0 aromatic heterocycles. The maximum absolute atomic E-state index is 12.9. The SMILES string of the molecule is CCN(CC)S(=O)(=O)c1ccc(N2C[C@H](C(=O)N3CCC(C(N)=O)CC3)CC2=O)cc1. The van der Waals surface area contributed by atoms with Crippen molar-refractivity contribution in [2.24, 2.45) is 17.6 Å². The van der Waals surface area contributed by atoms with Crippen molar-refractivity contribution in [3.05, 3.63) is 24.3 Å². The lowest BCUT2D eigenvalue weighted by molar-refractivity contribution is -0.138. The molecule has 1 atom stereocenters. The molecule has 3 amide bonds. The van der Waals surface area contributed by atoms with E-state index in [2.05, 4.69) is 0 Å². The highest BCUT2D eigenvalue weighted by Crippen LogP contribution is 2.29. The summed E-state index contributed by atoms with van der Waals surface area (Å²) in [6, 6.07) is 6.22. The number of hydrogen-bond donors (Lipinski definition) is 1. The van der Waals surface area contributed by atoms with Crippen LogP contribution in [0.15, 0.2) is 29.2 Å². The van der Waals surface area contributed by atoms with Crippen LogP contribution < -0.4 is 10.6 Å². The Morgan fingerprint density at radius 1 is 1.06 bits per heavy atom. The largest absolute Gasteiger partial charge is 0.369 e. The Bertz CT molecular complexity index is 935. The molecule has 2 N–H and O–H groups in total. The van der Waals surface area contributed by atoms with Crippen molar-refractivity contribution in [2.45, 2.75) is 38.0 Å².